The zero-order chi connectivity index (χ0) is 13.5. The summed E-state index contributed by atoms with van der Waals surface area (Å²) in [6, 6.07) is 0.451. The zero-order valence-electron chi connectivity index (χ0n) is 11.8. The molecular formula is C14H23N3O2. The molecule has 1 N–H and O–H groups in total. The van der Waals surface area contributed by atoms with Crippen molar-refractivity contribution in [2.75, 3.05) is 19.8 Å². The van der Waals surface area contributed by atoms with Crippen LogP contribution in [0.5, 0.6) is 6.01 Å². The van der Waals surface area contributed by atoms with E-state index in [-0.39, 0.29) is 6.10 Å². The Hall–Kier alpha value is -1.20. The molecule has 1 atom stereocenters. The van der Waals surface area contributed by atoms with Gasteiger partial charge in [0.15, 0.2) is 0 Å². The van der Waals surface area contributed by atoms with Gasteiger partial charge in [-0.25, -0.2) is 9.97 Å². The maximum atomic E-state index is 5.62. The molecule has 0 bridgehead atoms. The standard InChI is InChI=1S/C14H23N3O2/c1-3-15-8-12-9-16-14(17-11(12)2)19-10-13-6-4-5-7-18-13/h9,13,15H,3-8,10H2,1-2H3. The molecule has 106 valence electrons. The van der Waals surface area contributed by atoms with Crippen LogP contribution in [0.1, 0.15) is 37.4 Å². The topological polar surface area (TPSA) is 56.3 Å². The predicted octanol–water partition coefficient (Wildman–Crippen LogP) is 1.84. The van der Waals surface area contributed by atoms with Crippen molar-refractivity contribution in [3.63, 3.8) is 0 Å². The largest absolute Gasteiger partial charge is 0.461 e. The van der Waals surface area contributed by atoms with E-state index < -0.39 is 0 Å². The smallest absolute Gasteiger partial charge is 0.316 e. The molecule has 0 aliphatic carbocycles. The van der Waals surface area contributed by atoms with Gasteiger partial charge in [-0.2, -0.15) is 0 Å². The molecular weight excluding hydrogens is 242 g/mol. The lowest BCUT2D eigenvalue weighted by atomic mass is 10.1. The van der Waals surface area contributed by atoms with Crippen molar-refractivity contribution in [1.82, 2.24) is 15.3 Å². The third kappa shape index (κ3) is 4.44. The molecule has 1 fully saturated rings. The monoisotopic (exact) mass is 265 g/mol. The number of aryl methyl sites for hydroxylation is 1. The van der Waals surface area contributed by atoms with Gasteiger partial charge in [-0.3, -0.25) is 0 Å². The Morgan fingerprint density at radius 2 is 2.37 bits per heavy atom. The molecule has 0 spiro atoms. The van der Waals surface area contributed by atoms with Crippen LogP contribution in [-0.4, -0.2) is 35.8 Å². The fourth-order valence-electron chi connectivity index (χ4n) is 2.08. The van der Waals surface area contributed by atoms with Crippen LogP contribution in [0.2, 0.25) is 0 Å². The maximum Gasteiger partial charge on any atom is 0.316 e. The zero-order valence-corrected chi connectivity index (χ0v) is 11.8. The Bertz CT molecular complexity index is 392. The van der Waals surface area contributed by atoms with Crippen molar-refractivity contribution in [2.45, 2.75) is 45.8 Å². The number of nitrogens with zero attached hydrogens (tertiary/aromatic N) is 2. The summed E-state index contributed by atoms with van der Waals surface area (Å²) in [5.41, 5.74) is 2.08. The van der Waals surface area contributed by atoms with E-state index in [2.05, 4.69) is 22.2 Å². The number of aromatic nitrogens is 2. The average molecular weight is 265 g/mol. The van der Waals surface area contributed by atoms with Crippen LogP contribution in [0.15, 0.2) is 6.20 Å². The normalized spacial score (nSPS) is 19.4. The van der Waals surface area contributed by atoms with Gasteiger partial charge in [0.05, 0.1) is 6.10 Å². The Balaban J connectivity index is 1.84. The quantitative estimate of drug-likeness (QED) is 0.850. The van der Waals surface area contributed by atoms with Crippen molar-refractivity contribution in [3.8, 4) is 6.01 Å². The number of rotatable bonds is 6. The Morgan fingerprint density at radius 3 is 3.05 bits per heavy atom. The summed E-state index contributed by atoms with van der Waals surface area (Å²) in [6.45, 7) is 7.20. The van der Waals surface area contributed by atoms with Crippen LogP contribution in [-0.2, 0) is 11.3 Å². The Labute approximate surface area is 114 Å². The van der Waals surface area contributed by atoms with Crippen molar-refractivity contribution < 1.29 is 9.47 Å². The molecule has 2 heterocycles. The summed E-state index contributed by atoms with van der Waals surface area (Å²) in [5.74, 6) is 0. The van der Waals surface area contributed by atoms with E-state index in [0.29, 0.717) is 12.6 Å². The van der Waals surface area contributed by atoms with Crippen molar-refractivity contribution in [1.29, 1.82) is 0 Å². The van der Waals surface area contributed by atoms with Gasteiger partial charge < -0.3 is 14.8 Å². The van der Waals surface area contributed by atoms with Gasteiger partial charge in [-0.1, -0.05) is 6.92 Å². The first-order chi connectivity index (χ1) is 9.29. The minimum atomic E-state index is 0.194. The molecule has 1 aromatic heterocycles. The molecule has 19 heavy (non-hydrogen) atoms. The lowest BCUT2D eigenvalue weighted by molar-refractivity contribution is -0.0129. The van der Waals surface area contributed by atoms with E-state index in [1.807, 2.05) is 13.1 Å². The fourth-order valence-corrected chi connectivity index (χ4v) is 2.08. The van der Waals surface area contributed by atoms with E-state index in [0.717, 1.165) is 43.8 Å². The van der Waals surface area contributed by atoms with Gasteiger partial charge in [-0.15, -0.1) is 0 Å². The van der Waals surface area contributed by atoms with Crippen LogP contribution >= 0.6 is 0 Å². The second-order valence-corrected chi connectivity index (χ2v) is 4.84. The molecule has 1 unspecified atom stereocenters. The first-order valence-electron chi connectivity index (χ1n) is 7.07. The highest BCUT2D eigenvalue weighted by Crippen LogP contribution is 2.14. The van der Waals surface area contributed by atoms with Crippen LogP contribution < -0.4 is 10.1 Å². The summed E-state index contributed by atoms with van der Waals surface area (Å²) >= 11 is 0. The highest BCUT2D eigenvalue weighted by Gasteiger charge is 2.15. The highest BCUT2D eigenvalue weighted by molar-refractivity contribution is 5.17. The molecule has 5 heteroatoms. The molecule has 0 amide bonds. The molecule has 1 saturated heterocycles. The molecule has 1 aliphatic rings. The molecule has 2 rings (SSSR count). The number of ether oxygens (including phenoxy) is 2. The van der Waals surface area contributed by atoms with Gasteiger partial charge in [0.2, 0.25) is 0 Å². The second-order valence-electron chi connectivity index (χ2n) is 4.84. The predicted molar refractivity (Wildman–Crippen MR) is 73.2 cm³/mol. The SMILES string of the molecule is CCNCc1cnc(OCC2CCCCO2)nc1C. The lowest BCUT2D eigenvalue weighted by Crippen LogP contribution is -2.26. The van der Waals surface area contributed by atoms with Gasteiger partial charge >= 0.3 is 6.01 Å². The van der Waals surface area contributed by atoms with Crippen LogP contribution in [0.4, 0.5) is 0 Å². The average Bonchev–Trinajstić information content (AvgIpc) is 2.45. The van der Waals surface area contributed by atoms with Crippen LogP contribution in [0.25, 0.3) is 0 Å². The molecule has 0 saturated carbocycles. The Kier molecular flexibility index (Phi) is 5.54. The van der Waals surface area contributed by atoms with E-state index in [1.165, 1.54) is 6.42 Å². The maximum absolute atomic E-state index is 5.62. The first-order valence-corrected chi connectivity index (χ1v) is 7.07. The highest BCUT2D eigenvalue weighted by atomic mass is 16.5. The van der Waals surface area contributed by atoms with E-state index in [9.17, 15) is 0 Å². The third-order valence-corrected chi connectivity index (χ3v) is 3.30. The second kappa shape index (κ2) is 7.40. The minimum absolute atomic E-state index is 0.194. The molecule has 5 nitrogen and oxygen atoms in total. The fraction of sp³-hybridized carbons (Fsp3) is 0.714. The van der Waals surface area contributed by atoms with Gasteiger partial charge in [0, 0.05) is 30.6 Å². The third-order valence-electron chi connectivity index (χ3n) is 3.30. The summed E-state index contributed by atoms with van der Waals surface area (Å²) in [4.78, 5) is 8.63. The van der Waals surface area contributed by atoms with Crippen molar-refractivity contribution in [3.05, 3.63) is 17.5 Å². The molecule has 0 aromatic carbocycles. The number of hydrogen-bond acceptors (Lipinski definition) is 5. The van der Waals surface area contributed by atoms with Crippen molar-refractivity contribution in [2.24, 2.45) is 0 Å². The van der Waals surface area contributed by atoms with Crippen LogP contribution in [0, 0.1) is 6.92 Å². The van der Waals surface area contributed by atoms with E-state index in [1.54, 1.807) is 0 Å². The number of nitrogens with one attached hydrogen (secondary N) is 1. The summed E-state index contributed by atoms with van der Waals surface area (Å²) in [5, 5.41) is 3.27. The van der Waals surface area contributed by atoms with Gasteiger partial charge in [-0.05, 0) is 32.7 Å². The summed E-state index contributed by atoms with van der Waals surface area (Å²) < 4.78 is 11.2. The van der Waals surface area contributed by atoms with Gasteiger partial charge in [0.25, 0.3) is 0 Å². The van der Waals surface area contributed by atoms with E-state index >= 15 is 0 Å². The van der Waals surface area contributed by atoms with E-state index in [4.69, 9.17) is 9.47 Å². The van der Waals surface area contributed by atoms with Crippen LogP contribution in [0.3, 0.4) is 0 Å². The van der Waals surface area contributed by atoms with Gasteiger partial charge in [0.1, 0.15) is 6.61 Å². The summed E-state index contributed by atoms with van der Waals surface area (Å²) in [6.07, 6.45) is 5.47. The minimum Gasteiger partial charge on any atom is -0.461 e. The summed E-state index contributed by atoms with van der Waals surface area (Å²) in [7, 11) is 0. The number of hydrogen-bond donors (Lipinski definition) is 1. The van der Waals surface area contributed by atoms with Crippen molar-refractivity contribution >= 4 is 0 Å². The first kappa shape index (κ1) is 14.2. The molecule has 1 aliphatic heterocycles. The molecule has 0 radical (unpaired) electrons. The lowest BCUT2D eigenvalue weighted by Gasteiger charge is -2.22. The molecule has 1 aromatic rings. The Morgan fingerprint density at radius 1 is 1.47 bits per heavy atom.